The third-order valence-electron chi connectivity index (χ3n) is 3.77. The molecular weight excluding hydrogens is 200 g/mol. The Labute approximate surface area is 96.0 Å². The molecule has 3 rings (SSSR count). The van der Waals surface area contributed by atoms with Crippen LogP contribution in [0.5, 0.6) is 0 Å². The third kappa shape index (κ3) is 1.97. The van der Waals surface area contributed by atoms with E-state index in [0.717, 1.165) is 32.5 Å². The Hall–Kier alpha value is -0.930. The van der Waals surface area contributed by atoms with Crippen LogP contribution in [0.2, 0.25) is 0 Å². The molecule has 3 heteroatoms. The zero-order chi connectivity index (χ0) is 11.0. The first-order valence-corrected chi connectivity index (χ1v) is 6.08. The summed E-state index contributed by atoms with van der Waals surface area (Å²) in [5.41, 5.74) is 10.4. The van der Waals surface area contributed by atoms with Crippen molar-refractivity contribution in [1.82, 2.24) is 4.98 Å². The van der Waals surface area contributed by atoms with Gasteiger partial charge < -0.3 is 10.5 Å². The number of pyridine rings is 1. The summed E-state index contributed by atoms with van der Waals surface area (Å²) in [5.74, 6) is 0. The number of hydrogen-bond acceptors (Lipinski definition) is 3. The van der Waals surface area contributed by atoms with Gasteiger partial charge in [-0.1, -0.05) is 0 Å². The van der Waals surface area contributed by atoms with E-state index in [0.29, 0.717) is 0 Å². The average Bonchev–Trinajstić information content (AvgIpc) is 3.05. The minimum atomic E-state index is 0.147. The van der Waals surface area contributed by atoms with E-state index >= 15 is 0 Å². The van der Waals surface area contributed by atoms with Crippen molar-refractivity contribution in [3.63, 3.8) is 0 Å². The van der Waals surface area contributed by atoms with Crippen LogP contribution in [0.15, 0.2) is 12.4 Å². The van der Waals surface area contributed by atoms with Crippen molar-refractivity contribution in [2.24, 2.45) is 5.73 Å². The minimum absolute atomic E-state index is 0.147. The zero-order valence-electron chi connectivity index (χ0n) is 9.54. The Morgan fingerprint density at radius 2 is 2.25 bits per heavy atom. The number of ether oxygens (including phenoxy) is 1. The van der Waals surface area contributed by atoms with Gasteiger partial charge in [0, 0.05) is 17.9 Å². The standard InChI is InChI=1S/C13H18N2O/c14-13(4-5-13)3-1-10-7-15-8-11-9-16-6-2-12(10)11/h7-8H,1-6,9,14H2. The molecule has 0 spiro atoms. The summed E-state index contributed by atoms with van der Waals surface area (Å²) in [6.07, 6.45) is 9.55. The van der Waals surface area contributed by atoms with Crippen molar-refractivity contribution in [2.75, 3.05) is 6.61 Å². The van der Waals surface area contributed by atoms with Crippen LogP contribution in [0.3, 0.4) is 0 Å². The van der Waals surface area contributed by atoms with Crippen molar-refractivity contribution in [3.05, 3.63) is 29.1 Å². The van der Waals surface area contributed by atoms with E-state index < -0.39 is 0 Å². The molecule has 1 aromatic rings. The second kappa shape index (κ2) is 3.82. The maximum Gasteiger partial charge on any atom is 0.0734 e. The van der Waals surface area contributed by atoms with Crippen molar-refractivity contribution in [1.29, 1.82) is 0 Å². The van der Waals surface area contributed by atoms with Crippen LogP contribution in [0, 0.1) is 0 Å². The number of rotatable bonds is 3. The van der Waals surface area contributed by atoms with E-state index in [-0.39, 0.29) is 5.54 Å². The Bertz CT molecular complexity index is 399. The monoisotopic (exact) mass is 218 g/mol. The fourth-order valence-corrected chi connectivity index (χ4v) is 2.39. The fourth-order valence-electron chi connectivity index (χ4n) is 2.39. The summed E-state index contributed by atoms with van der Waals surface area (Å²) in [7, 11) is 0. The normalized spacial score (nSPS) is 21.6. The van der Waals surface area contributed by atoms with Crippen molar-refractivity contribution >= 4 is 0 Å². The van der Waals surface area contributed by atoms with Crippen LogP contribution >= 0.6 is 0 Å². The van der Waals surface area contributed by atoms with Crippen LogP contribution in [-0.4, -0.2) is 17.1 Å². The van der Waals surface area contributed by atoms with E-state index in [1.807, 2.05) is 12.4 Å². The molecule has 0 saturated heterocycles. The molecule has 1 aliphatic heterocycles. The Kier molecular flexibility index (Phi) is 2.45. The van der Waals surface area contributed by atoms with Gasteiger partial charge in [-0.25, -0.2) is 0 Å². The van der Waals surface area contributed by atoms with E-state index in [9.17, 15) is 0 Å². The van der Waals surface area contributed by atoms with Crippen LogP contribution in [0.25, 0.3) is 0 Å². The molecule has 2 N–H and O–H groups in total. The quantitative estimate of drug-likeness (QED) is 0.838. The molecule has 3 nitrogen and oxygen atoms in total. The van der Waals surface area contributed by atoms with Crippen molar-refractivity contribution in [3.8, 4) is 0 Å². The van der Waals surface area contributed by atoms with Crippen LogP contribution in [0.1, 0.15) is 36.0 Å². The molecule has 1 aromatic heterocycles. The van der Waals surface area contributed by atoms with E-state index in [1.54, 1.807) is 0 Å². The van der Waals surface area contributed by atoms with Gasteiger partial charge in [0.05, 0.1) is 13.2 Å². The summed E-state index contributed by atoms with van der Waals surface area (Å²) in [4.78, 5) is 4.30. The molecule has 0 bridgehead atoms. The highest BCUT2D eigenvalue weighted by atomic mass is 16.5. The van der Waals surface area contributed by atoms with Gasteiger partial charge in [0.15, 0.2) is 0 Å². The third-order valence-corrected chi connectivity index (χ3v) is 3.77. The van der Waals surface area contributed by atoms with Crippen LogP contribution in [0.4, 0.5) is 0 Å². The molecule has 1 saturated carbocycles. The van der Waals surface area contributed by atoms with Gasteiger partial charge in [-0.15, -0.1) is 0 Å². The largest absolute Gasteiger partial charge is 0.376 e. The summed E-state index contributed by atoms with van der Waals surface area (Å²) in [6.45, 7) is 1.57. The molecular formula is C13H18N2O. The smallest absolute Gasteiger partial charge is 0.0734 e. The van der Waals surface area contributed by atoms with Gasteiger partial charge in [0.25, 0.3) is 0 Å². The lowest BCUT2D eigenvalue weighted by Crippen LogP contribution is -2.23. The topological polar surface area (TPSA) is 48.1 Å². The van der Waals surface area contributed by atoms with E-state index in [1.165, 1.54) is 29.5 Å². The van der Waals surface area contributed by atoms with Gasteiger partial charge in [-0.2, -0.15) is 0 Å². The molecule has 1 aliphatic carbocycles. The first-order valence-electron chi connectivity index (χ1n) is 6.08. The number of aromatic nitrogens is 1. The zero-order valence-corrected chi connectivity index (χ0v) is 9.54. The highest BCUT2D eigenvalue weighted by Crippen LogP contribution is 2.37. The van der Waals surface area contributed by atoms with Gasteiger partial charge in [0.2, 0.25) is 0 Å². The lowest BCUT2D eigenvalue weighted by molar-refractivity contribution is 0.110. The molecule has 1 fully saturated rings. The second-order valence-corrected chi connectivity index (χ2v) is 5.10. The molecule has 0 amide bonds. The summed E-state index contributed by atoms with van der Waals surface area (Å²) in [6, 6.07) is 0. The van der Waals surface area contributed by atoms with Gasteiger partial charge in [-0.3, -0.25) is 4.98 Å². The summed E-state index contributed by atoms with van der Waals surface area (Å²) in [5, 5.41) is 0. The van der Waals surface area contributed by atoms with Gasteiger partial charge >= 0.3 is 0 Å². The fraction of sp³-hybridized carbons (Fsp3) is 0.615. The molecule has 86 valence electrons. The molecule has 0 atom stereocenters. The number of fused-ring (bicyclic) bond motifs is 1. The predicted molar refractivity (Wildman–Crippen MR) is 62.1 cm³/mol. The predicted octanol–water partition coefficient (Wildman–Crippen LogP) is 1.58. The second-order valence-electron chi connectivity index (χ2n) is 5.10. The van der Waals surface area contributed by atoms with Crippen molar-refractivity contribution in [2.45, 2.75) is 44.2 Å². The number of hydrogen-bond donors (Lipinski definition) is 1. The first-order chi connectivity index (χ1) is 7.77. The van der Waals surface area contributed by atoms with Gasteiger partial charge in [-0.05, 0) is 48.8 Å². The highest BCUT2D eigenvalue weighted by Gasteiger charge is 2.37. The minimum Gasteiger partial charge on any atom is -0.376 e. The Morgan fingerprint density at radius 1 is 1.38 bits per heavy atom. The number of nitrogens with two attached hydrogens (primary N) is 1. The molecule has 0 radical (unpaired) electrons. The SMILES string of the molecule is NC1(CCc2cncc3c2CCOC3)CC1. The lowest BCUT2D eigenvalue weighted by atomic mass is 9.95. The molecule has 0 unspecified atom stereocenters. The van der Waals surface area contributed by atoms with Crippen LogP contribution < -0.4 is 5.73 Å². The number of aryl methyl sites for hydroxylation is 1. The maximum absolute atomic E-state index is 6.13. The first kappa shape index (κ1) is 10.2. The Balaban J connectivity index is 1.78. The molecule has 0 aromatic carbocycles. The van der Waals surface area contributed by atoms with Crippen molar-refractivity contribution < 1.29 is 4.74 Å². The van der Waals surface area contributed by atoms with E-state index in [2.05, 4.69) is 4.98 Å². The average molecular weight is 218 g/mol. The summed E-state index contributed by atoms with van der Waals surface area (Å²) >= 11 is 0. The molecule has 16 heavy (non-hydrogen) atoms. The highest BCUT2D eigenvalue weighted by molar-refractivity contribution is 5.33. The number of nitrogens with zero attached hydrogens (tertiary/aromatic N) is 1. The van der Waals surface area contributed by atoms with E-state index in [4.69, 9.17) is 10.5 Å². The lowest BCUT2D eigenvalue weighted by Gasteiger charge is -2.19. The molecule has 2 aliphatic rings. The summed E-state index contributed by atoms with van der Waals surface area (Å²) < 4.78 is 5.44. The Morgan fingerprint density at radius 3 is 3.06 bits per heavy atom. The van der Waals surface area contributed by atoms with Crippen LogP contribution in [-0.2, 0) is 24.2 Å². The molecule has 2 heterocycles. The maximum atomic E-state index is 6.13. The van der Waals surface area contributed by atoms with Gasteiger partial charge in [0.1, 0.15) is 0 Å².